The summed E-state index contributed by atoms with van der Waals surface area (Å²) in [5.41, 5.74) is 12.7. The number of nitrogens with one attached hydrogen (secondary N) is 2. The summed E-state index contributed by atoms with van der Waals surface area (Å²) in [6, 6.07) is 24.4. The zero-order valence-electron chi connectivity index (χ0n) is 19.4. The van der Waals surface area contributed by atoms with Crippen LogP contribution in [0.25, 0.3) is 0 Å². The third kappa shape index (κ3) is 6.87. The molecule has 0 atom stereocenters. The number of hydrogen-bond donors (Lipinski definition) is 4. The quantitative estimate of drug-likeness (QED) is 0.177. The van der Waals surface area contributed by atoms with Crippen molar-refractivity contribution in [3.63, 3.8) is 0 Å². The van der Waals surface area contributed by atoms with Crippen molar-refractivity contribution in [2.75, 3.05) is 20.9 Å². The van der Waals surface area contributed by atoms with Crippen molar-refractivity contribution in [3.05, 3.63) is 97.1 Å². The average Bonchev–Trinajstić information content (AvgIpc) is 2.84. The van der Waals surface area contributed by atoms with Crippen molar-refractivity contribution in [1.82, 2.24) is 0 Å². The third-order valence-electron chi connectivity index (χ3n) is 5.00. The van der Waals surface area contributed by atoms with E-state index in [-0.39, 0.29) is 17.5 Å². The SMILES string of the molecule is Nc1ccc(S(=O)(=O)Nc2cccc(OBOc3cccc(NS(=O)(=O)c4ccc(N)cc4)c3)c2)cc1. The van der Waals surface area contributed by atoms with Crippen LogP contribution < -0.4 is 30.2 Å². The lowest BCUT2D eigenvalue weighted by Crippen LogP contribution is -2.14. The molecule has 37 heavy (non-hydrogen) atoms. The number of nitrogen functional groups attached to an aromatic ring is 2. The zero-order chi connectivity index (χ0) is 26.5. The lowest BCUT2D eigenvalue weighted by Gasteiger charge is -2.12. The fourth-order valence-electron chi connectivity index (χ4n) is 3.19. The van der Waals surface area contributed by atoms with E-state index in [2.05, 4.69) is 9.44 Å². The van der Waals surface area contributed by atoms with Crippen LogP contribution in [0.4, 0.5) is 22.7 Å². The van der Waals surface area contributed by atoms with Crippen LogP contribution in [0, 0.1) is 0 Å². The number of benzene rings is 4. The number of rotatable bonds is 10. The largest absolute Gasteiger partial charge is 0.576 e. The normalized spacial score (nSPS) is 11.4. The Balaban J connectivity index is 1.36. The van der Waals surface area contributed by atoms with E-state index in [0.717, 1.165) is 0 Å². The van der Waals surface area contributed by atoms with Crippen LogP contribution in [0.5, 0.6) is 11.5 Å². The molecule has 0 saturated heterocycles. The van der Waals surface area contributed by atoms with Crippen molar-refractivity contribution < 1.29 is 26.1 Å². The second kappa shape index (κ2) is 10.7. The van der Waals surface area contributed by atoms with E-state index in [1.54, 1.807) is 36.4 Å². The maximum Gasteiger partial charge on any atom is 0.576 e. The molecule has 0 saturated carbocycles. The van der Waals surface area contributed by atoms with Crippen LogP contribution in [0.3, 0.4) is 0 Å². The molecule has 0 fully saturated rings. The van der Waals surface area contributed by atoms with Gasteiger partial charge in [-0.15, -0.1) is 0 Å². The number of nitrogens with two attached hydrogens (primary N) is 2. The van der Waals surface area contributed by atoms with Crippen molar-refractivity contribution in [2.24, 2.45) is 0 Å². The molecule has 0 radical (unpaired) electrons. The molecule has 0 heterocycles. The number of hydrogen-bond acceptors (Lipinski definition) is 8. The molecular weight excluding hydrogens is 515 g/mol. The fraction of sp³-hybridized carbons (Fsp3) is 0. The van der Waals surface area contributed by atoms with Crippen molar-refractivity contribution in [1.29, 1.82) is 0 Å². The van der Waals surface area contributed by atoms with Gasteiger partial charge in [-0.25, -0.2) is 16.8 Å². The summed E-state index contributed by atoms with van der Waals surface area (Å²) >= 11 is 0. The minimum atomic E-state index is -3.81. The van der Waals surface area contributed by atoms with E-state index in [1.807, 2.05) is 0 Å². The van der Waals surface area contributed by atoms with Gasteiger partial charge in [0.25, 0.3) is 20.0 Å². The van der Waals surface area contributed by atoms with Gasteiger partial charge >= 0.3 is 7.69 Å². The van der Waals surface area contributed by atoms with Crippen molar-refractivity contribution >= 4 is 50.5 Å². The summed E-state index contributed by atoms with van der Waals surface area (Å²) in [7, 11) is -7.82. The molecule has 6 N–H and O–H groups in total. The van der Waals surface area contributed by atoms with Gasteiger partial charge in [-0.2, -0.15) is 0 Å². The molecule has 0 aromatic heterocycles. The summed E-state index contributed by atoms with van der Waals surface area (Å²) < 4.78 is 66.5. The predicted octanol–water partition coefficient (Wildman–Crippen LogP) is 3.18. The van der Waals surface area contributed by atoms with E-state index in [9.17, 15) is 16.8 Å². The molecule has 0 aliphatic heterocycles. The van der Waals surface area contributed by atoms with Crippen molar-refractivity contribution in [3.8, 4) is 11.5 Å². The van der Waals surface area contributed by atoms with E-state index in [4.69, 9.17) is 20.8 Å². The van der Waals surface area contributed by atoms with E-state index >= 15 is 0 Å². The highest BCUT2D eigenvalue weighted by atomic mass is 32.2. The lowest BCUT2D eigenvalue weighted by atomic mass is 10.2. The second-order valence-corrected chi connectivity index (χ2v) is 11.2. The van der Waals surface area contributed by atoms with Gasteiger partial charge in [-0.3, -0.25) is 9.44 Å². The average molecular weight is 538 g/mol. The molecule has 0 aliphatic carbocycles. The van der Waals surface area contributed by atoms with Crippen LogP contribution in [0.2, 0.25) is 0 Å². The minimum Gasteiger partial charge on any atom is -0.528 e. The van der Waals surface area contributed by atoms with Crippen LogP contribution in [0.15, 0.2) is 107 Å². The van der Waals surface area contributed by atoms with E-state index in [0.29, 0.717) is 34.2 Å². The Kier molecular flexibility index (Phi) is 7.46. The Morgan fingerprint density at radius 1 is 0.568 bits per heavy atom. The summed E-state index contributed by atoms with van der Waals surface area (Å²) in [6.07, 6.45) is 0. The van der Waals surface area contributed by atoms with Gasteiger partial charge in [0.2, 0.25) is 0 Å². The summed E-state index contributed by atoms with van der Waals surface area (Å²) in [4.78, 5) is 0.145. The molecule has 4 rings (SSSR count). The Morgan fingerprint density at radius 2 is 0.946 bits per heavy atom. The molecular formula is C24H23BN4O6S2. The summed E-state index contributed by atoms with van der Waals surface area (Å²) in [5.74, 6) is 0.718. The highest BCUT2D eigenvalue weighted by Crippen LogP contribution is 2.23. The molecule has 4 aromatic carbocycles. The van der Waals surface area contributed by atoms with E-state index < -0.39 is 20.0 Å². The van der Waals surface area contributed by atoms with Gasteiger partial charge in [0.05, 0.1) is 21.2 Å². The standard InChI is InChI=1S/C24H23BN4O6S2/c26-17-7-11-23(12-8-17)36(30,31)28-19-3-1-5-21(15-19)34-25-35-22-6-2-4-20(16-22)29-37(32,33)24-13-9-18(27)10-14-24/h1-16,25,28-29H,26-27H2. The van der Waals surface area contributed by atoms with Crippen LogP contribution in [0.1, 0.15) is 0 Å². The first kappa shape index (κ1) is 25.7. The topological polar surface area (TPSA) is 163 Å². The first-order chi connectivity index (χ1) is 17.6. The Labute approximate surface area is 215 Å². The Bertz CT molecular complexity index is 1480. The highest BCUT2D eigenvalue weighted by molar-refractivity contribution is 7.93. The van der Waals surface area contributed by atoms with Crippen LogP contribution in [-0.4, -0.2) is 24.5 Å². The van der Waals surface area contributed by atoms with E-state index in [1.165, 1.54) is 60.7 Å². The Hall–Kier alpha value is -4.36. The van der Waals surface area contributed by atoms with Crippen LogP contribution >= 0.6 is 0 Å². The minimum absolute atomic E-state index is 0.0725. The fourth-order valence-corrected chi connectivity index (χ4v) is 5.29. The molecule has 0 amide bonds. The first-order valence-electron chi connectivity index (χ1n) is 10.8. The molecule has 190 valence electrons. The van der Waals surface area contributed by atoms with Gasteiger partial charge < -0.3 is 20.8 Å². The molecule has 4 aromatic rings. The summed E-state index contributed by atoms with van der Waals surface area (Å²) in [6.45, 7) is 0. The Morgan fingerprint density at radius 3 is 1.32 bits per heavy atom. The lowest BCUT2D eigenvalue weighted by molar-refractivity contribution is 0.459. The molecule has 0 spiro atoms. The molecule has 0 bridgehead atoms. The van der Waals surface area contributed by atoms with Gasteiger partial charge in [0.1, 0.15) is 11.5 Å². The molecule has 10 nitrogen and oxygen atoms in total. The third-order valence-corrected chi connectivity index (χ3v) is 7.80. The predicted molar refractivity (Wildman–Crippen MR) is 145 cm³/mol. The van der Waals surface area contributed by atoms with Gasteiger partial charge in [-0.1, -0.05) is 12.1 Å². The summed E-state index contributed by atoms with van der Waals surface area (Å²) in [5, 5.41) is 0. The zero-order valence-corrected chi connectivity index (χ0v) is 21.0. The first-order valence-corrected chi connectivity index (χ1v) is 13.8. The number of anilines is 4. The maximum atomic E-state index is 12.6. The number of sulfonamides is 2. The molecule has 0 unspecified atom stereocenters. The molecule has 0 aliphatic rings. The van der Waals surface area contributed by atoms with Crippen LogP contribution in [-0.2, 0) is 20.0 Å². The van der Waals surface area contributed by atoms with Gasteiger partial charge in [-0.05, 0) is 72.8 Å². The molecule has 13 heteroatoms. The van der Waals surface area contributed by atoms with Gasteiger partial charge in [0, 0.05) is 23.5 Å². The maximum absolute atomic E-state index is 12.6. The smallest absolute Gasteiger partial charge is 0.528 e. The van der Waals surface area contributed by atoms with Gasteiger partial charge in [0.15, 0.2) is 0 Å². The second-order valence-electron chi connectivity index (χ2n) is 7.81. The monoisotopic (exact) mass is 538 g/mol. The van der Waals surface area contributed by atoms with Crippen molar-refractivity contribution in [2.45, 2.75) is 9.79 Å². The highest BCUT2D eigenvalue weighted by Gasteiger charge is 2.15.